The van der Waals surface area contributed by atoms with Gasteiger partial charge in [-0.05, 0) is 23.8 Å². The molecule has 1 aromatic rings. The second-order valence-corrected chi connectivity index (χ2v) is 5.76. The Labute approximate surface area is 117 Å². The minimum atomic E-state index is -0.960. The molecule has 5 nitrogen and oxygen atoms in total. The number of carbonyl (C=O) groups is 1. The molecule has 1 aliphatic rings. The molecule has 1 fully saturated rings. The van der Waals surface area contributed by atoms with Crippen molar-refractivity contribution in [2.24, 2.45) is 5.41 Å². The van der Waals surface area contributed by atoms with E-state index in [1.807, 2.05) is 0 Å². The molecular weight excluding hydrogens is 258 g/mol. The topological polar surface area (TPSA) is 80.4 Å². The van der Waals surface area contributed by atoms with Gasteiger partial charge in [0, 0.05) is 12.1 Å². The Bertz CT molecular complexity index is 541. The summed E-state index contributed by atoms with van der Waals surface area (Å²) in [5.74, 6) is -0.879. The molecule has 0 atom stereocenters. The monoisotopic (exact) mass is 277 g/mol. The first-order valence-electron chi connectivity index (χ1n) is 6.87. The van der Waals surface area contributed by atoms with Gasteiger partial charge < -0.3 is 5.11 Å². The van der Waals surface area contributed by atoms with Crippen LogP contribution >= 0.6 is 0 Å². The number of hydrogen-bond donors (Lipinski definition) is 1. The third-order valence-corrected chi connectivity index (χ3v) is 4.87. The first-order valence-corrected chi connectivity index (χ1v) is 6.87. The van der Waals surface area contributed by atoms with E-state index in [1.165, 1.54) is 12.1 Å². The van der Waals surface area contributed by atoms with Gasteiger partial charge in [0.25, 0.3) is 5.69 Å². The second kappa shape index (κ2) is 4.89. The summed E-state index contributed by atoms with van der Waals surface area (Å²) in [6, 6.07) is 6.06. The predicted molar refractivity (Wildman–Crippen MR) is 74.7 cm³/mol. The van der Waals surface area contributed by atoms with Crippen molar-refractivity contribution in [3.63, 3.8) is 0 Å². The van der Waals surface area contributed by atoms with E-state index in [2.05, 4.69) is 13.8 Å². The highest BCUT2D eigenvalue weighted by molar-refractivity contribution is 5.83. The summed E-state index contributed by atoms with van der Waals surface area (Å²) in [4.78, 5) is 22.1. The Morgan fingerprint density at radius 1 is 1.35 bits per heavy atom. The molecule has 108 valence electrons. The van der Waals surface area contributed by atoms with Crippen molar-refractivity contribution >= 4 is 11.7 Å². The van der Waals surface area contributed by atoms with Gasteiger partial charge >= 0.3 is 5.97 Å². The van der Waals surface area contributed by atoms with Gasteiger partial charge in [0.1, 0.15) is 0 Å². The number of nitrogens with zero attached hydrogens (tertiary/aromatic N) is 1. The maximum absolute atomic E-state index is 11.7. The molecule has 0 spiro atoms. The SMILES string of the molecule is CCC1(CC)CC(C(=O)O)(c2cccc([N+](=O)[O-])c2)C1. The third-order valence-electron chi connectivity index (χ3n) is 4.87. The van der Waals surface area contributed by atoms with Gasteiger partial charge in [-0.3, -0.25) is 14.9 Å². The first kappa shape index (κ1) is 14.5. The van der Waals surface area contributed by atoms with Gasteiger partial charge in [-0.2, -0.15) is 0 Å². The summed E-state index contributed by atoms with van der Waals surface area (Å²) < 4.78 is 0. The predicted octanol–water partition coefficient (Wildman–Crippen LogP) is 3.52. The number of rotatable bonds is 5. The van der Waals surface area contributed by atoms with Crippen molar-refractivity contribution in [2.75, 3.05) is 0 Å². The van der Waals surface area contributed by atoms with Gasteiger partial charge in [-0.15, -0.1) is 0 Å². The summed E-state index contributed by atoms with van der Waals surface area (Å²) in [6.45, 7) is 4.14. The number of aliphatic carboxylic acids is 1. The number of carboxylic acids is 1. The van der Waals surface area contributed by atoms with Crippen LogP contribution in [0.2, 0.25) is 0 Å². The highest BCUT2D eigenvalue weighted by atomic mass is 16.6. The van der Waals surface area contributed by atoms with E-state index in [9.17, 15) is 20.0 Å². The average Bonchev–Trinajstić information content (AvgIpc) is 2.39. The summed E-state index contributed by atoms with van der Waals surface area (Å²) >= 11 is 0. The van der Waals surface area contributed by atoms with Crippen molar-refractivity contribution in [3.05, 3.63) is 39.9 Å². The Balaban J connectivity index is 2.40. The van der Waals surface area contributed by atoms with Crippen LogP contribution < -0.4 is 0 Å². The molecule has 0 amide bonds. The minimum absolute atomic E-state index is 0.0476. The van der Waals surface area contributed by atoms with Crippen LogP contribution in [-0.2, 0) is 10.2 Å². The molecule has 0 saturated heterocycles. The van der Waals surface area contributed by atoms with Crippen molar-refractivity contribution in [3.8, 4) is 0 Å². The number of benzene rings is 1. The maximum Gasteiger partial charge on any atom is 0.314 e. The molecule has 0 bridgehead atoms. The molecule has 0 heterocycles. The van der Waals surface area contributed by atoms with E-state index in [0.29, 0.717) is 18.4 Å². The van der Waals surface area contributed by atoms with Crippen LogP contribution in [-0.4, -0.2) is 16.0 Å². The lowest BCUT2D eigenvalue weighted by atomic mass is 9.48. The molecule has 0 aromatic heterocycles. The molecule has 0 radical (unpaired) electrons. The Hall–Kier alpha value is -1.91. The number of non-ortho nitro benzene ring substituents is 1. The van der Waals surface area contributed by atoms with Crippen LogP contribution in [0.1, 0.15) is 45.1 Å². The molecule has 2 rings (SSSR count). The largest absolute Gasteiger partial charge is 0.481 e. The fraction of sp³-hybridized carbons (Fsp3) is 0.533. The highest BCUT2D eigenvalue weighted by Crippen LogP contribution is 2.59. The lowest BCUT2D eigenvalue weighted by Crippen LogP contribution is -2.54. The van der Waals surface area contributed by atoms with Gasteiger partial charge in [-0.1, -0.05) is 38.8 Å². The maximum atomic E-state index is 11.7. The van der Waals surface area contributed by atoms with E-state index in [4.69, 9.17) is 0 Å². The summed E-state index contributed by atoms with van der Waals surface area (Å²) in [5.41, 5.74) is -0.397. The van der Waals surface area contributed by atoms with Crippen LogP contribution in [0.3, 0.4) is 0 Å². The molecule has 20 heavy (non-hydrogen) atoms. The standard InChI is InChI=1S/C15H19NO4/c1-3-14(4-2)9-15(10-14,13(17)18)11-6-5-7-12(8-11)16(19)20/h5-8H,3-4,9-10H2,1-2H3,(H,17,18). The Morgan fingerprint density at radius 2 is 1.95 bits per heavy atom. The zero-order valence-corrected chi connectivity index (χ0v) is 11.8. The molecule has 1 aliphatic carbocycles. The van der Waals surface area contributed by atoms with Crippen LogP contribution in [0.4, 0.5) is 5.69 Å². The second-order valence-electron chi connectivity index (χ2n) is 5.76. The summed E-state index contributed by atoms with van der Waals surface area (Å²) in [5, 5.41) is 20.5. The average molecular weight is 277 g/mol. The highest BCUT2D eigenvalue weighted by Gasteiger charge is 2.58. The van der Waals surface area contributed by atoms with Crippen molar-refractivity contribution in [2.45, 2.75) is 44.9 Å². The van der Waals surface area contributed by atoms with Crippen molar-refractivity contribution in [1.82, 2.24) is 0 Å². The van der Waals surface area contributed by atoms with E-state index in [1.54, 1.807) is 12.1 Å². The molecule has 0 aliphatic heterocycles. The Kier molecular flexibility index (Phi) is 3.54. The minimum Gasteiger partial charge on any atom is -0.481 e. The summed E-state index contributed by atoms with van der Waals surface area (Å²) in [6.07, 6.45) is 2.99. The fourth-order valence-electron chi connectivity index (χ4n) is 3.37. The molecular formula is C15H19NO4. The Morgan fingerprint density at radius 3 is 2.40 bits per heavy atom. The van der Waals surface area contributed by atoms with Crippen LogP contribution in [0, 0.1) is 15.5 Å². The molecule has 1 N–H and O–H groups in total. The van der Waals surface area contributed by atoms with Gasteiger partial charge in [0.15, 0.2) is 0 Å². The molecule has 5 heteroatoms. The number of hydrogen-bond acceptors (Lipinski definition) is 3. The normalized spacial score (nSPS) is 19.1. The van der Waals surface area contributed by atoms with E-state index in [-0.39, 0.29) is 11.1 Å². The lowest BCUT2D eigenvalue weighted by Gasteiger charge is -2.54. The van der Waals surface area contributed by atoms with Gasteiger partial charge in [0.2, 0.25) is 0 Å². The van der Waals surface area contributed by atoms with Crippen LogP contribution in [0.25, 0.3) is 0 Å². The van der Waals surface area contributed by atoms with Crippen LogP contribution in [0.15, 0.2) is 24.3 Å². The van der Waals surface area contributed by atoms with E-state index >= 15 is 0 Å². The number of nitro benzene ring substituents is 1. The number of carboxylic acid groups (broad SMARTS) is 1. The quantitative estimate of drug-likeness (QED) is 0.659. The zero-order chi connectivity index (χ0) is 15.0. The number of nitro groups is 1. The third kappa shape index (κ3) is 2.07. The van der Waals surface area contributed by atoms with E-state index in [0.717, 1.165) is 12.8 Å². The van der Waals surface area contributed by atoms with Crippen molar-refractivity contribution < 1.29 is 14.8 Å². The van der Waals surface area contributed by atoms with Gasteiger partial charge in [-0.25, -0.2) is 0 Å². The van der Waals surface area contributed by atoms with Crippen LogP contribution in [0.5, 0.6) is 0 Å². The molecule has 1 aromatic carbocycles. The smallest absolute Gasteiger partial charge is 0.314 e. The van der Waals surface area contributed by atoms with E-state index < -0.39 is 16.3 Å². The zero-order valence-electron chi connectivity index (χ0n) is 11.8. The van der Waals surface area contributed by atoms with Crippen molar-refractivity contribution in [1.29, 1.82) is 0 Å². The summed E-state index contributed by atoms with van der Waals surface area (Å²) in [7, 11) is 0. The molecule has 0 unspecified atom stereocenters. The lowest BCUT2D eigenvalue weighted by molar-refractivity contribution is -0.385. The molecule has 1 saturated carbocycles. The fourth-order valence-corrected chi connectivity index (χ4v) is 3.37. The van der Waals surface area contributed by atoms with Gasteiger partial charge in [0.05, 0.1) is 10.3 Å². The first-order chi connectivity index (χ1) is 9.39.